The summed E-state index contributed by atoms with van der Waals surface area (Å²) >= 11 is 0. The van der Waals surface area contributed by atoms with Gasteiger partial charge in [-0.3, -0.25) is 15.7 Å². The van der Waals surface area contributed by atoms with Crippen molar-refractivity contribution in [3.8, 4) is 0 Å². The summed E-state index contributed by atoms with van der Waals surface area (Å²) in [5, 5.41) is 14.2. The van der Waals surface area contributed by atoms with Crippen molar-refractivity contribution in [1.82, 2.24) is 15.3 Å². The highest BCUT2D eigenvalue weighted by Gasteiger charge is 2.18. The molecular weight excluding hydrogens is 392 g/mol. The minimum absolute atomic E-state index is 0. The van der Waals surface area contributed by atoms with Gasteiger partial charge in [-0.2, -0.15) is 0 Å². The Labute approximate surface area is 185 Å². The molecule has 1 atom stereocenters. The first-order valence-electron chi connectivity index (χ1n) is 9.81. The van der Waals surface area contributed by atoms with Gasteiger partial charge < -0.3 is 15.8 Å². The van der Waals surface area contributed by atoms with Crippen LogP contribution in [0.4, 0.5) is 16.3 Å². The monoisotopic (exact) mass is 424 g/mol. The van der Waals surface area contributed by atoms with E-state index in [4.69, 9.17) is 15.9 Å². The third-order valence-electron chi connectivity index (χ3n) is 4.73. The molecule has 2 amide bonds. The summed E-state index contributed by atoms with van der Waals surface area (Å²) in [4.78, 5) is 21.1. The molecule has 0 radical (unpaired) electrons. The summed E-state index contributed by atoms with van der Waals surface area (Å²) in [6.07, 6.45) is 1.65. The van der Waals surface area contributed by atoms with Crippen molar-refractivity contribution in [2.75, 3.05) is 18.2 Å². The molecule has 0 aliphatic heterocycles. The number of nitrogens with one attached hydrogen (secondary N) is 3. The van der Waals surface area contributed by atoms with E-state index in [0.717, 1.165) is 11.3 Å². The Bertz CT molecular complexity index is 1100. The average molecular weight is 425 g/mol. The Hall–Kier alpha value is -3.78. The highest BCUT2D eigenvalue weighted by Crippen LogP contribution is 2.24. The number of rotatable bonds is 7. The lowest BCUT2D eigenvalue weighted by Gasteiger charge is -2.17. The summed E-state index contributed by atoms with van der Waals surface area (Å²) < 4.78 is 5.26. The van der Waals surface area contributed by atoms with Crippen LogP contribution in [0.15, 0.2) is 54.7 Å². The number of nitrogens with two attached hydrogens (primary N) is 1. The molecule has 31 heavy (non-hydrogen) atoms. The van der Waals surface area contributed by atoms with Gasteiger partial charge in [0.05, 0.1) is 24.1 Å². The molecule has 0 fully saturated rings. The number of aromatic nitrogens is 2. The van der Waals surface area contributed by atoms with E-state index < -0.39 is 6.03 Å². The summed E-state index contributed by atoms with van der Waals surface area (Å²) in [5.74, 6) is 0.282. The number of amides is 2. The molecule has 0 saturated heterocycles. The zero-order valence-electron chi connectivity index (χ0n) is 17.8. The van der Waals surface area contributed by atoms with Gasteiger partial charge >= 0.3 is 6.03 Å². The van der Waals surface area contributed by atoms with Gasteiger partial charge in [0.2, 0.25) is 0 Å². The van der Waals surface area contributed by atoms with Crippen molar-refractivity contribution in [3.63, 3.8) is 0 Å². The first kappa shape index (κ1) is 21.9. The maximum Gasteiger partial charge on any atom is 0.320 e. The summed E-state index contributed by atoms with van der Waals surface area (Å²) in [6, 6.07) is 14.2. The second kappa shape index (κ2) is 9.82. The van der Waals surface area contributed by atoms with Crippen LogP contribution in [0.2, 0.25) is 0 Å². The number of anilines is 2. The summed E-state index contributed by atoms with van der Waals surface area (Å²) in [5.41, 5.74) is 10.2. The summed E-state index contributed by atoms with van der Waals surface area (Å²) in [7, 11) is 1.54. The van der Waals surface area contributed by atoms with E-state index >= 15 is 0 Å². The van der Waals surface area contributed by atoms with Crippen LogP contribution < -0.4 is 16.4 Å². The Morgan fingerprint density at radius 1 is 1.26 bits per heavy atom. The highest BCUT2D eigenvalue weighted by molar-refractivity contribution is 6.14. The molecule has 1 aromatic carbocycles. The maximum absolute atomic E-state index is 12.5. The lowest BCUT2D eigenvalue weighted by atomic mass is 9.99. The molecule has 5 N–H and O–H groups in total. The fourth-order valence-electron chi connectivity index (χ4n) is 3.23. The van der Waals surface area contributed by atoms with Crippen LogP contribution in [0.25, 0.3) is 0 Å². The van der Waals surface area contributed by atoms with E-state index in [0.29, 0.717) is 22.5 Å². The van der Waals surface area contributed by atoms with E-state index in [2.05, 4.69) is 20.6 Å². The lowest BCUT2D eigenvalue weighted by molar-refractivity contribution is 0.181. The topological polar surface area (TPSA) is 126 Å². The number of carbonyl (C=O) groups is 1. The predicted molar refractivity (Wildman–Crippen MR) is 128 cm³/mol. The molecule has 0 bridgehead atoms. The van der Waals surface area contributed by atoms with Crippen LogP contribution in [0.1, 0.15) is 45.3 Å². The number of methoxy groups -OCH3 is 1. The first-order valence-corrected chi connectivity index (χ1v) is 9.81. The number of nitrogen functional groups attached to an aromatic ring is 1. The molecule has 0 aliphatic rings. The predicted octanol–water partition coefficient (Wildman–Crippen LogP) is 4.55. The highest BCUT2D eigenvalue weighted by atomic mass is 16.5. The Kier molecular flexibility index (Phi) is 6.94. The van der Waals surface area contributed by atoms with Crippen LogP contribution in [-0.2, 0) is 11.3 Å². The van der Waals surface area contributed by atoms with E-state index in [1.54, 1.807) is 18.3 Å². The number of urea groups is 1. The van der Waals surface area contributed by atoms with Gasteiger partial charge in [-0.1, -0.05) is 30.3 Å². The van der Waals surface area contributed by atoms with Gasteiger partial charge in [0.1, 0.15) is 5.82 Å². The van der Waals surface area contributed by atoms with Crippen molar-refractivity contribution < 1.29 is 13.8 Å². The molecule has 8 heteroatoms. The normalized spacial score (nSPS) is 11.6. The number of pyridine rings is 2. The Morgan fingerprint density at radius 2 is 2.00 bits per heavy atom. The second-order valence-corrected chi connectivity index (χ2v) is 7.14. The van der Waals surface area contributed by atoms with Crippen LogP contribution in [0, 0.1) is 12.3 Å². The van der Waals surface area contributed by atoms with Crippen molar-refractivity contribution in [3.05, 3.63) is 82.8 Å². The first-order chi connectivity index (χ1) is 14.9. The average Bonchev–Trinajstić information content (AvgIpc) is 2.74. The molecular formula is C23H32N6O2. The molecule has 0 unspecified atom stereocenters. The standard InChI is InChI=1S/C23H26N6O2.3H2/c1-14-11-17(9-10-26-14)22(25)21-18(24)12-20(28-19(21)13-31-3)29-23(30)27-15(2)16-7-5-4-6-8-16;;;/h4-12,15,25H,13H2,1-3H3,(H4,24,27,28,29,30);3*1H/t15-;;;/m1.../s1. The minimum Gasteiger partial charge on any atom is -0.398 e. The van der Waals surface area contributed by atoms with E-state index in [1.165, 1.54) is 7.11 Å². The lowest BCUT2D eigenvalue weighted by Crippen LogP contribution is -2.31. The van der Waals surface area contributed by atoms with Crippen molar-refractivity contribution >= 4 is 23.2 Å². The van der Waals surface area contributed by atoms with Gasteiger partial charge in [-0.05, 0) is 31.5 Å². The molecule has 3 aromatic rings. The smallest absolute Gasteiger partial charge is 0.320 e. The van der Waals surface area contributed by atoms with E-state index in [1.807, 2.05) is 50.2 Å². The van der Waals surface area contributed by atoms with Gasteiger partial charge in [0.25, 0.3) is 0 Å². The Balaban J connectivity index is 0.00000363. The van der Waals surface area contributed by atoms with E-state index in [-0.39, 0.29) is 28.5 Å². The molecule has 3 rings (SSSR count). The van der Waals surface area contributed by atoms with Crippen molar-refractivity contribution in [2.24, 2.45) is 0 Å². The number of benzene rings is 1. The Morgan fingerprint density at radius 3 is 2.68 bits per heavy atom. The minimum atomic E-state index is -0.404. The number of carbonyl (C=O) groups excluding carboxylic acids is 1. The number of hydrogen-bond donors (Lipinski definition) is 4. The SMILES string of the molecule is COCc1nc(NC(=O)N[C@H](C)c2ccccc2)cc(N)c1C(=N)c1ccnc(C)c1.[HH].[HH].[HH]. The molecule has 0 aliphatic carbocycles. The fraction of sp³-hybridized carbons (Fsp3) is 0.217. The third-order valence-corrected chi connectivity index (χ3v) is 4.73. The van der Waals surface area contributed by atoms with Crippen molar-refractivity contribution in [2.45, 2.75) is 26.5 Å². The zero-order chi connectivity index (χ0) is 22.4. The number of ether oxygens (including phenoxy) is 1. The molecule has 166 valence electrons. The molecule has 0 spiro atoms. The summed E-state index contributed by atoms with van der Waals surface area (Å²) in [6.45, 7) is 3.90. The largest absolute Gasteiger partial charge is 0.398 e. The van der Waals surface area contributed by atoms with Gasteiger partial charge in [-0.15, -0.1) is 0 Å². The van der Waals surface area contributed by atoms with Gasteiger partial charge in [-0.25, -0.2) is 9.78 Å². The molecule has 2 aromatic heterocycles. The molecule has 2 heterocycles. The molecule has 0 saturated carbocycles. The zero-order valence-corrected chi connectivity index (χ0v) is 17.8. The third kappa shape index (κ3) is 5.43. The molecule has 8 nitrogen and oxygen atoms in total. The van der Waals surface area contributed by atoms with Crippen LogP contribution in [0.3, 0.4) is 0 Å². The number of hydrogen-bond acceptors (Lipinski definition) is 6. The number of nitrogens with zero attached hydrogens (tertiary/aromatic N) is 2. The van der Waals surface area contributed by atoms with E-state index in [9.17, 15) is 4.79 Å². The quantitative estimate of drug-likeness (QED) is 0.414. The fourth-order valence-corrected chi connectivity index (χ4v) is 3.23. The van der Waals surface area contributed by atoms with Crippen LogP contribution in [-0.4, -0.2) is 28.8 Å². The second-order valence-electron chi connectivity index (χ2n) is 7.14. The maximum atomic E-state index is 12.5. The van der Waals surface area contributed by atoms with Gasteiger partial charge in [0.15, 0.2) is 0 Å². The van der Waals surface area contributed by atoms with Crippen LogP contribution in [0.5, 0.6) is 0 Å². The van der Waals surface area contributed by atoms with Crippen LogP contribution >= 0.6 is 0 Å². The van der Waals surface area contributed by atoms with Crippen molar-refractivity contribution in [1.29, 1.82) is 5.41 Å². The number of aryl methyl sites for hydroxylation is 1. The van der Waals surface area contributed by atoms with Gasteiger partial charge in [0, 0.05) is 46.2 Å².